The molecule has 13 heteroatoms. The maximum absolute atomic E-state index is 11.1. The molecule has 2 aromatic heterocycles. The molecule has 11 nitrogen and oxygen atoms in total. The molecule has 4 rings (SSSR count). The van der Waals surface area contributed by atoms with Crippen molar-refractivity contribution in [1.82, 2.24) is 30.3 Å². The summed E-state index contributed by atoms with van der Waals surface area (Å²) in [6.45, 7) is 1.72. The minimum Gasteiger partial charge on any atom is -0.454 e. The van der Waals surface area contributed by atoms with Gasteiger partial charge in [-0.3, -0.25) is 10.0 Å². The molecule has 0 atom stereocenters. The maximum Gasteiger partial charge on any atom is 0.244 e. The van der Waals surface area contributed by atoms with Crippen LogP contribution in [0.2, 0.25) is 0 Å². The molecule has 1 amide bonds. The van der Waals surface area contributed by atoms with Gasteiger partial charge in [-0.05, 0) is 28.1 Å². The second-order valence-corrected chi connectivity index (χ2v) is 8.11. The molecule has 1 aliphatic rings. The number of carbonyl (C=O) groups excluding carboxylic acids is 1. The van der Waals surface area contributed by atoms with Crippen molar-refractivity contribution in [2.45, 2.75) is 23.0 Å². The van der Waals surface area contributed by atoms with Gasteiger partial charge in [-0.25, -0.2) is 20.4 Å². The minimum absolute atomic E-state index is 0.169. The quantitative estimate of drug-likeness (QED) is 0.206. The Labute approximate surface area is 183 Å². The van der Waals surface area contributed by atoms with Crippen molar-refractivity contribution < 1.29 is 19.5 Å². The van der Waals surface area contributed by atoms with E-state index >= 15 is 0 Å². The highest BCUT2D eigenvalue weighted by Crippen LogP contribution is 2.43. The summed E-state index contributed by atoms with van der Waals surface area (Å²) in [6.07, 6.45) is 1.57. The third kappa shape index (κ3) is 4.28. The topological polar surface area (TPSA) is 149 Å². The van der Waals surface area contributed by atoms with Crippen LogP contribution in [0.25, 0.3) is 11.2 Å². The molecule has 0 unspecified atom stereocenters. The molecule has 0 saturated carbocycles. The van der Waals surface area contributed by atoms with E-state index in [0.717, 1.165) is 9.37 Å². The first-order valence-corrected chi connectivity index (χ1v) is 10.5. The molecule has 0 saturated heterocycles. The number of nitrogens with one attached hydrogen (secondary N) is 2. The molecule has 3 heterocycles. The Morgan fingerprint density at radius 2 is 2.10 bits per heavy atom. The van der Waals surface area contributed by atoms with Crippen molar-refractivity contribution >= 4 is 50.6 Å². The maximum atomic E-state index is 11.1. The lowest BCUT2D eigenvalue weighted by Crippen LogP contribution is -2.27. The first-order valence-electron chi connectivity index (χ1n) is 8.94. The molecule has 0 radical (unpaired) electrons. The normalized spacial score (nSPS) is 12.5. The first kappa shape index (κ1) is 20.7. The standard InChI is InChI=1S/C17H18BrN7O4S/c18-9-5-10-11(29-8-28-10)6-12(9)30-17-23-14-15(19)21-7-22-16(14)25(17)4-3-20-2-1-13(26)24-27/h5-7,20,27H,1-4,8H2,(H,24,26)(H2,19,21,22). The number of rotatable bonds is 8. The van der Waals surface area contributed by atoms with E-state index in [9.17, 15) is 4.79 Å². The van der Waals surface area contributed by atoms with E-state index in [0.29, 0.717) is 53.3 Å². The number of nitrogen functional groups attached to an aromatic ring is 1. The Kier molecular flexibility index (Phi) is 6.22. The molecular formula is C17H18BrN7O4S. The number of imidazole rings is 1. The summed E-state index contributed by atoms with van der Waals surface area (Å²) in [6, 6.07) is 3.75. The number of hydrogen-bond acceptors (Lipinski definition) is 10. The van der Waals surface area contributed by atoms with E-state index < -0.39 is 5.91 Å². The van der Waals surface area contributed by atoms with Crippen LogP contribution in [0.3, 0.4) is 0 Å². The Balaban J connectivity index is 1.57. The predicted octanol–water partition coefficient (Wildman–Crippen LogP) is 1.54. The van der Waals surface area contributed by atoms with Gasteiger partial charge in [0.1, 0.15) is 6.33 Å². The molecule has 30 heavy (non-hydrogen) atoms. The molecular weight excluding hydrogens is 478 g/mol. The van der Waals surface area contributed by atoms with Gasteiger partial charge in [0, 0.05) is 35.4 Å². The molecule has 3 aromatic rings. The number of amides is 1. The van der Waals surface area contributed by atoms with Crippen molar-refractivity contribution in [3.05, 3.63) is 22.9 Å². The van der Waals surface area contributed by atoms with Crippen LogP contribution in [0.1, 0.15) is 6.42 Å². The van der Waals surface area contributed by atoms with Crippen molar-refractivity contribution in [1.29, 1.82) is 0 Å². The highest BCUT2D eigenvalue weighted by molar-refractivity contribution is 9.10. The van der Waals surface area contributed by atoms with E-state index in [1.807, 2.05) is 16.7 Å². The Hall–Kier alpha value is -2.61. The number of hydrogen-bond donors (Lipinski definition) is 4. The minimum atomic E-state index is -0.444. The number of anilines is 1. The lowest BCUT2D eigenvalue weighted by Gasteiger charge is -2.10. The summed E-state index contributed by atoms with van der Waals surface area (Å²) < 4.78 is 13.7. The Bertz CT molecular complexity index is 1090. The number of benzene rings is 1. The van der Waals surface area contributed by atoms with Crippen LogP contribution in [0.4, 0.5) is 5.82 Å². The molecule has 1 aliphatic heterocycles. The summed E-state index contributed by atoms with van der Waals surface area (Å²) in [7, 11) is 0. The third-order valence-corrected chi connectivity index (χ3v) is 6.29. The van der Waals surface area contributed by atoms with Crippen LogP contribution < -0.4 is 26.0 Å². The van der Waals surface area contributed by atoms with Gasteiger partial charge in [0.25, 0.3) is 0 Å². The molecule has 0 fully saturated rings. The lowest BCUT2D eigenvalue weighted by atomic mass is 10.3. The van der Waals surface area contributed by atoms with Gasteiger partial charge in [-0.2, -0.15) is 0 Å². The SMILES string of the molecule is Nc1ncnc2c1nc(Sc1cc3c(cc1Br)OCO3)n2CCNCCC(=O)NO. The number of nitrogens with two attached hydrogens (primary N) is 1. The Morgan fingerprint density at radius 3 is 2.90 bits per heavy atom. The number of aromatic nitrogens is 4. The van der Waals surface area contributed by atoms with Gasteiger partial charge in [0.05, 0.1) is 0 Å². The molecule has 5 N–H and O–H groups in total. The smallest absolute Gasteiger partial charge is 0.244 e. The van der Waals surface area contributed by atoms with Crippen LogP contribution in [0.15, 0.2) is 33.0 Å². The van der Waals surface area contributed by atoms with E-state index in [4.69, 9.17) is 20.4 Å². The van der Waals surface area contributed by atoms with Gasteiger partial charge in [-0.15, -0.1) is 0 Å². The van der Waals surface area contributed by atoms with Crippen LogP contribution in [0, 0.1) is 0 Å². The highest BCUT2D eigenvalue weighted by Gasteiger charge is 2.20. The zero-order valence-electron chi connectivity index (χ0n) is 15.6. The van der Waals surface area contributed by atoms with Crippen molar-refractivity contribution in [3.63, 3.8) is 0 Å². The fourth-order valence-electron chi connectivity index (χ4n) is 2.86. The van der Waals surface area contributed by atoms with Gasteiger partial charge >= 0.3 is 0 Å². The summed E-state index contributed by atoms with van der Waals surface area (Å²) in [5, 5.41) is 12.4. The van der Waals surface area contributed by atoms with Crippen LogP contribution >= 0.6 is 27.7 Å². The lowest BCUT2D eigenvalue weighted by molar-refractivity contribution is -0.129. The van der Waals surface area contributed by atoms with Crippen molar-refractivity contribution in [3.8, 4) is 11.5 Å². The van der Waals surface area contributed by atoms with Crippen molar-refractivity contribution in [2.24, 2.45) is 0 Å². The number of halogens is 1. The van der Waals surface area contributed by atoms with Crippen LogP contribution in [-0.4, -0.2) is 50.5 Å². The predicted molar refractivity (Wildman–Crippen MR) is 112 cm³/mol. The van der Waals surface area contributed by atoms with E-state index in [1.165, 1.54) is 18.1 Å². The summed E-state index contributed by atoms with van der Waals surface area (Å²) in [5.41, 5.74) is 8.75. The second-order valence-electron chi connectivity index (χ2n) is 6.25. The molecule has 158 valence electrons. The average molecular weight is 496 g/mol. The largest absolute Gasteiger partial charge is 0.454 e. The summed E-state index contributed by atoms with van der Waals surface area (Å²) >= 11 is 5.00. The Morgan fingerprint density at radius 1 is 1.30 bits per heavy atom. The molecule has 0 spiro atoms. The molecule has 0 bridgehead atoms. The van der Waals surface area contributed by atoms with Gasteiger partial charge in [0.15, 0.2) is 33.6 Å². The number of fused-ring (bicyclic) bond motifs is 2. The van der Waals surface area contributed by atoms with Gasteiger partial charge in [-0.1, -0.05) is 11.8 Å². The number of hydroxylamine groups is 1. The fraction of sp³-hybridized carbons (Fsp3) is 0.294. The highest BCUT2D eigenvalue weighted by atomic mass is 79.9. The summed E-state index contributed by atoms with van der Waals surface area (Å²) in [4.78, 5) is 25.0. The average Bonchev–Trinajstić information content (AvgIpc) is 3.33. The van der Waals surface area contributed by atoms with Crippen molar-refractivity contribution in [2.75, 3.05) is 25.6 Å². The van der Waals surface area contributed by atoms with Gasteiger partial charge in [0.2, 0.25) is 12.7 Å². The van der Waals surface area contributed by atoms with Crippen LogP contribution in [0.5, 0.6) is 11.5 Å². The second kappa shape index (κ2) is 9.04. The van der Waals surface area contributed by atoms with E-state index in [-0.39, 0.29) is 13.2 Å². The molecule has 0 aliphatic carbocycles. The molecule has 1 aromatic carbocycles. The van der Waals surface area contributed by atoms with E-state index in [1.54, 1.807) is 5.48 Å². The number of ether oxygens (including phenoxy) is 2. The first-order chi connectivity index (χ1) is 14.6. The summed E-state index contributed by atoms with van der Waals surface area (Å²) in [5.74, 6) is 1.22. The van der Waals surface area contributed by atoms with E-state index in [2.05, 4.69) is 36.2 Å². The van der Waals surface area contributed by atoms with Gasteiger partial charge < -0.3 is 25.1 Å². The zero-order valence-corrected chi connectivity index (χ0v) is 18.0. The zero-order chi connectivity index (χ0) is 21.1. The van der Waals surface area contributed by atoms with Crippen LogP contribution in [-0.2, 0) is 11.3 Å². The third-order valence-electron chi connectivity index (χ3n) is 4.32. The monoisotopic (exact) mass is 495 g/mol. The fourth-order valence-corrected chi connectivity index (χ4v) is 4.37. The number of carbonyl (C=O) groups is 1. The number of nitrogens with zero attached hydrogens (tertiary/aromatic N) is 4.